The molecule has 7 heteroatoms. The Bertz CT molecular complexity index is 1100. The van der Waals surface area contributed by atoms with Crippen LogP contribution in [0.25, 0.3) is 21.5 Å². The normalized spacial score (nSPS) is 15.8. The summed E-state index contributed by atoms with van der Waals surface area (Å²) in [4.78, 5) is 13.0. The SMILES string of the molecule is Cc1nc2cc(ON3CCN(Cc4cc(-c5ccccc5)no4)CC3)ccc2s1. The molecule has 0 saturated carbocycles. The molecule has 1 aliphatic rings. The van der Waals surface area contributed by atoms with E-state index in [1.165, 1.54) is 4.70 Å². The Morgan fingerprint density at radius 2 is 1.86 bits per heavy atom. The van der Waals surface area contributed by atoms with Crippen molar-refractivity contribution in [1.29, 1.82) is 0 Å². The van der Waals surface area contributed by atoms with Gasteiger partial charge >= 0.3 is 0 Å². The molecule has 2 aromatic heterocycles. The van der Waals surface area contributed by atoms with Gasteiger partial charge in [-0.3, -0.25) is 4.90 Å². The van der Waals surface area contributed by atoms with Crippen molar-refractivity contribution in [3.05, 3.63) is 65.4 Å². The number of nitrogens with zero attached hydrogens (tertiary/aromatic N) is 4. The first-order valence-electron chi connectivity index (χ1n) is 9.76. The fourth-order valence-corrected chi connectivity index (χ4v) is 4.37. The molecule has 0 spiro atoms. The number of rotatable bonds is 5. The van der Waals surface area contributed by atoms with Crippen LogP contribution in [0, 0.1) is 6.92 Å². The maximum Gasteiger partial charge on any atom is 0.151 e. The van der Waals surface area contributed by atoms with Crippen molar-refractivity contribution in [3.63, 3.8) is 0 Å². The molecule has 5 rings (SSSR count). The molecule has 2 aromatic carbocycles. The summed E-state index contributed by atoms with van der Waals surface area (Å²) in [6.07, 6.45) is 0. The summed E-state index contributed by atoms with van der Waals surface area (Å²) in [6.45, 7) is 6.31. The van der Waals surface area contributed by atoms with Crippen molar-refractivity contribution in [1.82, 2.24) is 20.1 Å². The highest BCUT2D eigenvalue weighted by molar-refractivity contribution is 7.18. The predicted octanol–water partition coefficient (Wildman–Crippen LogP) is 4.37. The van der Waals surface area contributed by atoms with E-state index in [0.29, 0.717) is 0 Å². The zero-order chi connectivity index (χ0) is 19.6. The van der Waals surface area contributed by atoms with Gasteiger partial charge in [-0.05, 0) is 19.1 Å². The number of fused-ring (bicyclic) bond motifs is 1. The first-order valence-corrected chi connectivity index (χ1v) is 10.6. The van der Waals surface area contributed by atoms with Gasteiger partial charge in [0.2, 0.25) is 0 Å². The van der Waals surface area contributed by atoms with Gasteiger partial charge in [-0.2, -0.15) is 0 Å². The molecular formula is C22H22N4O2S. The Morgan fingerprint density at radius 1 is 1.03 bits per heavy atom. The Labute approximate surface area is 173 Å². The second-order valence-electron chi connectivity index (χ2n) is 7.20. The van der Waals surface area contributed by atoms with Crippen LogP contribution in [0.3, 0.4) is 0 Å². The smallest absolute Gasteiger partial charge is 0.151 e. The summed E-state index contributed by atoms with van der Waals surface area (Å²) in [5.74, 6) is 1.74. The number of benzene rings is 2. The summed E-state index contributed by atoms with van der Waals surface area (Å²) in [5.41, 5.74) is 2.96. The summed E-state index contributed by atoms with van der Waals surface area (Å²) in [6, 6.07) is 18.3. The predicted molar refractivity (Wildman–Crippen MR) is 114 cm³/mol. The Hall–Kier alpha value is -2.74. The van der Waals surface area contributed by atoms with Crippen LogP contribution in [-0.4, -0.2) is 46.3 Å². The van der Waals surface area contributed by atoms with Crippen LogP contribution >= 0.6 is 11.3 Å². The topological polar surface area (TPSA) is 54.6 Å². The Morgan fingerprint density at radius 3 is 2.69 bits per heavy atom. The molecule has 0 unspecified atom stereocenters. The molecule has 148 valence electrons. The molecule has 0 bridgehead atoms. The average Bonchev–Trinajstić information content (AvgIpc) is 3.35. The van der Waals surface area contributed by atoms with Crippen molar-refractivity contribution in [3.8, 4) is 17.0 Å². The van der Waals surface area contributed by atoms with Crippen molar-refractivity contribution in [2.45, 2.75) is 13.5 Å². The number of hydrogen-bond acceptors (Lipinski definition) is 7. The minimum atomic E-state index is 0.762. The van der Waals surface area contributed by atoms with Gasteiger partial charge in [-0.15, -0.1) is 16.4 Å². The molecule has 29 heavy (non-hydrogen) atoms. The number of hydrogen-bond donors (Lipinski definition) is 0. The number of piperazine rings is 1. The summed E-state index contributed by atoms with van der Waals surface area (Å²) < 4.78 is 6.74. The van der Waals surface area contributed by atoms with E-state index >= 15 is 0 Å². The molecule has 0 radical (unpaired) electrons. The minimum absolute atomic E-state index is 0.762. The molecule has 1 aliphatic heterocycles. The van der Waals surface area contributed by atoms with Gasteiger partial charge in [0.15, 0.2) is 5.76 Å². The lowest BCUT2D eigenvalue weighted by atomic mass is 10.1. The molecule has 0 N–H and O–H groups in total. The highest BCUT2D eigenvalue weighted by Crippen LogP contribution is 2.26. The summed E-state index contributed by atoms with van der Waals surface area (Å²) in [5, 5.41) is 7.31. The van der Waals surface area contributed by atoms with Gasteiger partial charge < -0.3 is 9.36 Å². The maximum atomic E-state index is 6.07. The zero-order valence-corrected chi connectivity index (χ0v) is 17.1. The van der Waals surface area contributed by atoms with Gasteiger partial charge in [-0.1, -0.05) is 35.5 Å². The molecule has 3 heterocycles. The highest BCUT2D eigenvalue weighted by Gasteiger charge is 2.20. The third-order valence-electron chi connectivity index (χ3n) is 5.04. The number of aryl methyl sites for hydroxylation is 1. The largest absolute Gasteiger partial charge is 0.406 e. The second-order valence-corrected chi connectivity index (χ2v) is 8.44. The van der Waals surface area contributed by atoms with Crippen LogP contribution in [0.1, 0.15) is 10.8 Å². The number of hydroxylamine groups is 2. The first-order chi connectivity index (χ1) is 14.2. The highest BCUT2D eigenvalue weighted by atomic mass is 32.1. The summed E-state index contributed by atoms with van der Waals surface area (Å²) in [7, 11) is 0. The van der Waals surface area contributed by atoms with E-state index in [9.17, 15) is 0 Å². The van der Waals surface area contributed by atoms with Crippen LogP contribution in [-0.2, 0) is 6.54 Å². The van der Waals surface area contributed by atoms with E-state index in [2.05, 4.69) is 21.1 Å². The van der Waals surface area contributed by atoms with Gasteiger partial charge in [0, 0.05) is 43.9 Å². The molecule has 0 aliphatic carbocycles. The average molecular weight is 407 g/mol. The van der Waals surface area contributed by atoms with Crippen LogP contribution < -0.4 is 4.84 Å². The fraction of sp³-hybridized carbons (Fsp3) is 0.273. The molecule has 1 saturated heterocycles. The third-order valence-corrected chi connectivity index (χ3v) is 5.99. The minimum Gasteiger partial charge on any atom is -0.406 e. The second kappa shape index (κ2) is 7.94. The Balaban J connectivity index is 1.16. The van der Waals surface area contributed by atoms with Crippen LogP contribution in [0.5, 0.6) is 5.75 Å². The van der Waals surface area contributed by atoms with Gasteiger partial charge in [0.05, 0.1) is 21.8 Å². The fourth-order valence-electron chi connectivity index (χ4n) is 3.56. The van der Waals surface area contributed by atoms with Crippen LogP contribution in [0.4, 0.5) is 0 Å². The van der Waals surface area contributed by atoms with Gasteiger partial charge in [0.25, 0.3) is 0 Å². The molecule has 0 amide bonds. The van der Waals surface area contributed by atoms with E-state index in [4.69, 9.17) is 9.36 Å². The molecule has 4 aromatic rings. The van der Waals surface area contributed by atoms with Crippen molar-refractivity contribution >= 4 is 21.6 Å². The molecule has 6 nitrogen and oxygen atoms in total. The van der Waals surface area contributed by atoms with E-state index < -0.39 is 0 Å². The van der Waals surface area contributed by atoms with Crippen molar-refractivity contribution < 1.29 is 9.36 Å². The van der Waals surface area contributed by atoms with Crippen molar-refractivity contribution in [2.75, 3.05) is 26.2 Å². The molecular weight excluding hydrogens is 384 g/mol. The zero-order valence-electron chi connectivity index (χ0n) is 16.2. The monoisotopic (exact) mass is 406 g/mol. The van der Waals surface area contributed by atoms with Gasteiger partial charge in [-0.25, -0.2) is 4.98 Å². The first kappa shape index (κ1) is 18.3. The lowest BCUT2D eigenvalue weighted by Crippen LogP contribution is -2.47. The quantitative estimate of drug-likeness (QED) is 0.491. The van der Waals surface area contributed by atoms with E-state index in [1.807, 2.05) is 60.5 Å². The Kier molecular flexibility index (Phi) is 5.01. The van der Waals surface area contributed by atoms with Gasteiger partial charge in [0.1, 0.15) is 11.4 Å². The number of aromatic nitrogens is 2. The maximum absolute atomic E-state index is 6.07. The lowest BCUT2D eigenvalue weighted by molar-refractivity contribution is -0.0903. The lowest BCUT2D eigenvalue weighted by Gasteiger charge is -2.33. The molecule has 0 atom stereocenters. The van der Waals surface area contributed by atoms with E-state index in [0.717, 1.165) is 66.0 Å². The van der Waals surface area contributed by atoms with E-state index in [1.54, 1.807) is 11.3 Å². The van der Waals surface area contributed by atoms with Crippen LogP contribution in [0.2, 0.25) is 0 Å². The summed E-state index contributed by atoms with van der Waals surface area (Å²) >= 11 is 1.71. The third kappa shape index (κ3) is 4.17. The van der Waals surface area contributed by atoms with Crippen molar-refractivity contribution in [2.24, 2.45) is 0 Å². The van der Waals surface area contributed by atoms with E-state index in [-0.39, 0.29) is 0 Å². The van der Waals surface area contributed by atoms with Crippen LogP contribution in [0.15, 0.2) is 59.1 Å². The standard InChI is InChI=1S/C22H22N4O2S/c1-16-23-21-13-18(7-8-22(21)29-16)28-26-11-9-25(10-12-26)15-19-14-20(24-27-19)17-5-3-2-4-6-17/h2-8,13-14H,9-12,15H2,1H3. The number of thiazole rings is 1. The molecule has 1 fully saturated rings.